The quantitative estimate of drug-likeness (QED) is 0.794. The minimum Gasteiger partial charge on any atom is -0.484 e. The molecule has 5 heteroatoms. The lowest BCUT2D eigenvalue weighted by Crippen LogP contribution is -2.41. The summed E-state index contributed by atoms with van der Waals surface area (Å²) >= 11 is 0. The van der Waals surface area contributed by atoms with Crippen LogP contribution in [0.1, 0.15) is 55.0 Å². The molecule has 1 N–H and O–H groups in total. The summed E-state index contributed by atoms with van der Waals surface area (Å²) in [6.07, 6.45) is 2.83. The molecule has 30 heavy (non-hydrogen) atoms. The van der Waals surface area contributed by atoms with E-state index < -0.39 is 0 Å². The molecule has 1 fully saturated rings. The van der Waals surface area contributed by atoms with Crippen LogP contribution in [0.3, 0.4) is 0 Å². The van der Waals surface area contributed by atoms with Crippen molar-refractivity contribution in [1.82, 2.24) is 10.2 Å². The van der Waals surface area contributed by atoms with Crippen molar-refractivity contribution in [2.45, 2.75) is 52.1 Å². The number of nitrogens with zero attached hydrogens (tertiary/aromatic N) is 1. The molecule has 0 spiro atoms. The molecule has 0 aromatic heterocycles. The summed E-state index contributed by atoms with van der Waals surface area (Å²) in [6, 6.07) is 14.4. The maximum Gasteiger partial charge on any atom is 0.258 e. The summed E-state index contributed by atoms with van der Waals surface area (Å²) in [4.78, 5) is 27.1. The van der Waals surface area contributed by atoms with Crippen molar-refractivity contribution in [3.8, 4) is 5.75 Å². The molecular weight excluding hydrogens is 376 g/mol. The van der Waals surface area contributed by atoms with Gasteiger partial charge in [0, 0.05) is 18.5 Å². The Labute approximate surface area is 178 Å². The molecular formula is C25H30N2O3. The molecule has 1 unspecified atom stereocenters. The minimum absolute atomic E-state index is 0.0171. The molecule has 1 heterocycles. The Hall–Kier alpha value is -2.82. The number of fused-ring (bicyclic) bond motifs is 1. The predicted molar refractivity (Wildman–Crippen MR) is 116 cm³/mol. The molecule has 2 aromatic rings. The maximum absolute atomic E-state index is 13.1. The van der Waals surface area contributed by atoms with Gasteiger partial charge in [0.05, 0.1) is 6.04 Å². The Kier molecular flexibility index (Phi) is 5.80. The van der Waals surface area contributed by atoms with Crippen LogP contribution >= 0.6 is 0 Å². The van der Waals surface area contributed by atoms with Gasteiger partial charge < -0.3 is 15.0 Å². The number of hydrogen-bond acceptors (Lipinski definition) is 3. The van der Waals surface area contributed by atoms with Crippen LogP contribution in [0, 0.1) is 12.8 Å². The van der Waals surface area contributed by atoms with Gasteiger partial charge in [-0.1, -0.05) is 35.9 Å². The summed E-state index contributed by atoms with van der Waals surface area (Å²) in [5.41, 5.74) is 4.64. The van der Waals surface area contributed by atoms with Gasteiger partial charge in [-0.15, -0.1) is 0 Å². The van der Waals surface area contributed by atoms with Gasteiger partial charge in [-0.2, -0.15) is 0 Å². The van der Waals surface area contributed by atoms with Crippen LogP contribution in [0.25, 0.3) is 0 Å². The van der Waals surface area contributed by atoms with Gasteiger partial charge in [0.15, 0.2) is 6.61 Å². The standard InChI is InChI=1S/C25H30N2O3/c1-16(2)26-23(28)15-30-21-10-9-18-11-12-27(25(29)19-7-8-19)24(22(18)14-21)20-6-4-5-17(3)13-20/h4-6,9-10,13-14,16,19,24H,7-8,11-12,15H2,1-3H3,(H,26,28). The fourth-order valence-electron chi connectivity index (χ4n) is 4.20. The molecule has 1 aliphatic carbocycles. The number of hydrogen-bond donors (Lipinski definition) is 1. The molecule has 0 bridgehead atoms. The third-order valence-corrected chi connectivity index (χ3v) is 5.73. The fourth-order valence-corrected chi connectivity index (χ4v) is 4.20. The molecule has 5 nitrogen and oxygen atoms in total. The number of rotatable bonds is 6. The van der Waals surface area contributed by atoms with E-state index in [1.54, 1.807) is 0 Å². The first-order chi connectivity index (χ1) is 14.4. The lowest BCUT2D eigenvalue weighted by molar-refractivity contribution is -0.134. The molecule has 1 aliphatic heterocycles. The smallest absolute Gasteiger partial charge is 0.258 e. The van der Waals surface area contributed by atoms with Gasteiger partial charge >= 0.3 is 0 Å². The van der Waals surface area contributed by atoms with Crippen molar-refractivity contribution < 1.29 is 14.3 Å². The lowest BCUT2D eigenvalue weighted by Gasteiger charge is -2.38. The highest BCUT2D eigenvalue weighted by atomic mass is 16.5. The van der Waals surface area contributed by atoms with E-state index in [4.69, 9.17) is 4.74 Å². The summed E-state index contributed by atoms with van der Waals surface area (Å²) < 4.78 is 5.78. The molecule has 0 radical (unpaired) electrons. The van der Waals surface area contributed by atoms with Gasteiger partial charge in [-0.3, -0.25) is 9.59 Å². The predicted octanol–water partition coefficient (Wildman–Crippen LogP) is 3.78. The summed E-state index contributed by atoms with van der Waals surface area (Å²) in [6.45, 7) is 6.64. The van der Waals surface area contributed by atoms with Gasteiger partial charge in [0.1, 0.15) is 5.75 Å². The van der Waals surface area contributed by atoms with E-state index in [9.17, 15) is 9.59 Å². The van der Waals surface area contributed by atoms with E-state index >= 15 is 0 Å². The normalized spacial score (nSPS) is 18.1. The van der Waals surface area contributed by atoms with Gasteiger partial charge in [-0.25, -0.2) is 0 Å². The zero-order valence-electron chi connectivity index (χ0n) is 18.0. The van der Waals surface area contributed by atoms with Crippen LogP contribution in [0.5, 0.6) is 5.75 Å². The largest absolute Gasteiger partial charge is 0.484 e. The highest BCUT2D eigenvalue weighted by Gasteiger charge is 2.39. The van der Waals surface area contributed by atoms with Crippen molar-refractivity contribution in [3.05, 3.63) is 64.7 Å². The van der Waals surface area contributed by atoms with Crippen molar-refractivity contribution >= 4 is 11.8 Å². The number of carbonyl (C=O) groups excluding carboxylic acids is 2. The van der Waals surface area contributed by atoms with Gasteiger partial charge in [-0.05, 0) is 68.9 Å². The van der Waals surface area contributed by atoms with E-state index in [-0.39, 0.29) is 36.4 Å². The van der Waals surface area contributed by atoms with Crippen molar-refractivity contribution in [3.63, 3.8) is 0 Å². The third kappa shape index (κ3) is 4.50. The number of ether oxygens (including phenoxy) is 1. The second kappa shape index (κ2) is 8.50. The highest BCUT2D eigenvalue weighted by molar-refractivity contribution is 5.82. The number of nitrogens with one attached hydrogen (secondary N) is 1. The monoisotopic (exact) mass is 406 g/mol. The average Bonchev–Trinajstić information content (AvgIpc) is 3.55. The summed E-state index contributed by atoms with van der Waals surface area (Å²) in [5.74, 6) is 0.960. The first-order valence-corrected chi connectivity index (χ1v) is 10.8. The highest BCUT2D eigenvalue weighted by Crippen LogP contribution is 2.41. The van der Waals surface area contributed by atoms with Gasteiger partial charge in [0.2, 0.25) is 5.91 Å². The molecule has 2 aromatic carbocycles. The lowest BCUT2D eigenvalue weighted by atomic mass is 9.87. The Morgan fingerprint density at radius 2 is 1.97 bits per heavy atom. The van der Waals surface area contributed by atoms with Crippen LogP contribution in [0.15, 0.2) is 42.5 Å². The SMILES string of the molecule is Cc1cccc(C2c3cc(OCC(=O)NC(C)C)ccc3CCN2C(=O)C2CC2)c1. The Morgan fingerprint density at radius 3 is 2.67 bits per heavy atom. The van der Waals surface area contributed by atoms with Crippen LogP contribution < -0.4 is 10.1 Å². The van der Waals surface area contributed by atoms with Gasteiger partial charge in [0.25, 0.3) is 5.91 Å². The molecule has 2 aliphatic rings. The number of carbonyl (C=O) groups is 2. The Morgan fingerprint density at radius 1 is 1.17 bits per heavy atom. The first kappa shape index (κ1) is 20.5. The molecule has 158 valence electrons. The maximum atomic E-state index is 13.1. The van der Waals surface area contributed by atoms with Crippen molar-refractivity contribution in [1.29, 1.82) is 0 Å². The van der Waals surface area contributed by atoms with E-state index in [0.717, 1.165) is 36.9 Å². The van der Waals surface area contributed by atoms with E-state index in [0.29, 0.717) is 5.75 Å². The second-order valence-corrected chi connectivity index (χ2v) is 8.74. The Bertz CT molecular complexity index is 949. The zero-order chi connectivity index (χ0) is 21.3. The first-order valence-electron chi connectivity index (χ1n) is 10.8. The van der Waals surface area contributed by atoms with E-state index in [2.05, 4.69) is 42.6 Å². The number of aryl methyl sites for hydroxylation is 1. The molecule has 1 saturated carbocycles. The fraction of sp³-hybridized carbons (Fsp3) is 0.440. The molecule has 1 atom stereocenters. The summed E-state index contributed by atoms with van der Waals surface area (Å²) in [5, 5.41) is 2.84. The van der Waals surface area contributed by atoms with E-state index in [1.807, 2.05) is 30.9 Å². The van der Waals surface area contributed by atoms with Crippen LogP contribution in [0.4, 0.5) is 0 Å². The van der Waals surface area contributed by atoms with Crippen molar-refractivity contribution in [2.24, 2.45) is 5.92 Å². The second-order valence-electron chi connectivity index (χ2n) is 8.74. The van der Waals surface area contributed by atoms with E-state index in [1.165, 1.54) is 11.1 Å². The Balaban J connectivity index is 1.65. The molecule has 2 amide bonds. The zero-order valence-corrected chi connectivity index (χ0v) is 18.0. The summed E-state index contributed by atoms with van der Waals surface area (Å²) in [7, 11) is 0. The number of benzene rings is 2. The average molecular weight is 407 g/mol. The van der Waals surface area contributed by atoms with Crippen LogP contribution in [-0.2, 0) is 16.0 Å². The van der Waals surface area contributed by atoms with Crippen LogP contribution in [0.2, 0.25) is 0 Å². The minimum atomic E-state index is -0.136. The third-order valence-electron chi connectivity index (χ3n) is 5.73. The molecule has 0 saturated heterocycles. The topological polar surface area (TPSA) is 58.6 Å². The molecule has 4 rings (SSSR count). The van der Waals surface area contributed by atoms with Crippen molar-refractivity contribution in [2.75, 3.05) is 13.2 Å². The van der Waals surface area contributed by atoms with Crippen LogP contribution in [-0.4, -0.2) is 35.9 Å². The number of amides is 2.